The number of nitrogens with zero attached hydrogens (tertiary/aromatic N) is 3. The number of amides is 2. The number of primary amides is 1. The monoisotopic (exact) mass is 461 g/mol. The summed E-state index contributed by atoms with van der Waals surface area (Å²) >= 11 is 1.25. The topological polar surface area (TPSA) is 103 Å². The quantitative estimate of drug-likeness (QED) is 0.400. The summed E-state index contributed by atoms with van der Waals surface area (Å²) in [5.74, 6) is -0.571. The summed E-state index contributed by atoms with van der Waals surface area (Å²) in [7, 11) is 0. The highest BCUT2D eigenvalue weighted by molar-refractivity contribution is 8.00. The molecule has 2 amide bonds. The molecule has 1 aromatic heterocycles. The second-order valence-corrected chi connectivity index (χ2v) is 8.48. The lowest BCUT2D eigenvalue weighted by atomic mass is 10.2. The molecule has 4 rings (SSSR count). The number of hydrogen-bond acceptors (Lipinski definition) is 5. The summed E-state index contributed by atoms with van der Waals surface area (Å²) in [6.45, 7) is 1.76. The van der Waals surface area contributed by atoms with Crippen molar-refractivity contribution in [2.45, 2.75) is 17.3 Å². The number of anilines is 1. The first-order chi connectivity index (χ1) is 15.9. The highest BCUT2D eigenvalue weighted by atomic mass is 32.2. The molecule has 1 heterocycles. The van der Waals surface area contributed by atoms with Crippen LogP contribution < -0.4 is 11.1 Å². The van der Waals surface area contributed by atoms with Crippen molar-refractivity contribution in [3.05, 3.63) is 90.2 Å². The summed E-state index contributed by atoms with van der Waals surface area (Å²) < 4.78 is 15.3. The zero-order valence-electron chi connectivity index (χ0n) is 17.6. The fraction of sp³-hybridized carbons (Fsp3) is 0.0833. The molecule has 0 fully saturated rings. The number of para-hydroxylation sites is 1. The van der Waals surface area contributed by atoms with Crippen molar-refractivity contribution in [3.8, 4) is 17.1 Å². The van der Waals surface area contributed by atoms with Gasteiger partial charge in [0.05, 0.1) is 5.25 Å². The Morgan fingerprint density at radius 2 is 1.64 bits per heavy atom. The van der Waals surface area contributed by atoms with Gasteiger partial charge in [0.15, 0.2) is 11.0 Å². The maximum atomic E-state index is 13.4. The molecule has 3 aromatic carbocycles. The van der Waals surface area contributed by atoms with Crippen LogP contribution in [0.25, 0.3) is 17.1 Å². The van der Waals surface area contributed by atoms with Crippen molar-refractivity contribution in [1.82, 2.24) is 14.8 Å². The fourth-order valence-electron chi connectivity index (χ4n) is 3.12. The Bertz CT molecular complexity index is 1270. The van der Waals surface area contributed by atoms with E-state index in [1.165, 1.54) is 23.9 Å². The SMILES string of the molecule is CC(Sc1nnc(-c2ccc(F)cc2)n1-c1ccccc1)C(=O)Nc1ccc(C(N)=O)cc1. The predicted octanol–water partition coefficient (Wildman–Crippen LogP) is 4.29. The first kappa shape index (κ1) is 22.2. The molecule has 4 aromatic rings. The molecule has 9 heteroatoms. The van der Waals surface area contributed by atoms with Gasteiger partial charge in [-0.3, -0.25) is 14.2 Å². The molecule has 0 aliphatic heterocycles. The van der Waals surface area contributed by atoms with E-state index in [4.69, 9.17) is 5.73 Å². The van der Waals surface area contributed by atoms with E-state index in [1.54, 1.807) is 43.3 Å². The minimum absolute atomic E-state index is 0.238. The number of rotatable bonds is 7. The number of thioether (sulfide) groups is 1. The number of nitrogens with one attached hydrogen (secondary N) is 1. The number of halogens is 1. The molecule has 0 radical (unpaired) electrons. The highest BCUT2D eigenvalue weighted by Gasteiger charge is 2.22. The standard InChI is InChI=1S/C24H20FN5O2S/c1-15(23(32)27-19-13-9-16(10-14-19)21(26)31)33-24-29-28-22(17-7-11-18(25)12-8-17)30(24)20-5-3-2-4-6-20/h2-15H,1H3,(H2,26,31)(H,27,32). The molecule has 3 N–H and O–H groups in total. The molecule has 0 aliphatic carbocycles. The van der Waals surface area contributed by atoms with Crippen molar-refractivity contribution in [2.24, 2.45) is 5.73 Å². The number of carbonyl (C=O) groups excluding carboxylic acids is 2. The Kier molecular flexibility index (Phi) is 6.50. The molecular formula is C24H20FN5O2S. The van der Waals surface area contributed by atoms with Gasteiger partial charge in [0.2, 0.25) is 11.8 Å². The zero-order valence-corrected chi connectivity index (χ0v) is 18.4. The number of hydrogen-bond donors (Lipinski definition) is 2. The largest absolute Gasteiger partial charge is 0.366 e. The van der Waals surface area contributed by atoms with Crippen molar-refractivity contribution in [1.29, 1.82) is 0 Å². The van der Waals surface area contributed by atoms with Gasteiger partial charge in [-0.1, -0.05) is 30.0 Å². The lowest BCUT2D eigenvalue weighted by Crippen LogP contribution is -2.23. The second-order valence-electron chi connectivity index (χ2n) is 7.17. The van der Waals surface area contributed by atoms with E-state index < -0.39 is 11.2 Å². The van der Waals surface area contributed by atoms with E-state index in [1.807, 2.05) is 34.9 Å². The highest BCUT2D eigenvalue weighted by Crippen LogP contribution is 2.30. The molecule has 0 bridgehead atoms. The van der Waals surface area contributed by atoms with E-state index in [0.29, 0.717) is 27.8 Å². The van der Waals surface area contributed by atoms with Crippen LogP contribution in [0.3, 0.4) is 0 Å². The van der Waals surface area contributed by atoms with Crippen LogP contribution in [0.2, 0.25) is 0 Å². The molecule has 166 valence electrons. The molecule has 1 unspecified atom stereocenters. The number of aromatic nitrogens is 3. The minimum atomic E-state index is -0.533. The molecule has 0 saturated carbocycles. The Hall–Kier alpha value is -3.98. The summed E-state index contributed by atoms with van der Waals surface area (Å²) in [6.07, 6.45) is 0. The van der Waals surface area contributed by atoms with Gasteiger partial charge >= 0.3 is 0 Å². The van der Waals surface area contributed by atoms with Crippen LogP contribution in [0.1, 0.15) is 17.3 Å². The third-order valence-corrected chi connectivity index (χ3v) is 5.88. The molecular weight excluding hydrogens is 441 g/mol. The molecule has 7 nitrogen and oxygen atoms in total. The third-order valence-electron chi connectivity index (χ3n) is 4.84. The van der Waals surface area contributed by atoms with Crippen LogP contribution in [0, 0.1) is 5.82 Å². The van der Waals surface area contributed by atoms with Crippen molar-refractivity contribution < 1.29 is 14.0 Å². The van der Waals surface area contributed by atoms with Gasteiger partial charge in [-0.2, -0.15) is 0 Å². The second kappa shape index (κ2) is 9.66. The van der Waals surface area contributed by atoms with Crippen molar-refractivity contribution in [3.63, 3.8) is 0 Å². The third kappa shape index (κ3) is 5.09. The Labute approximate surface area is 193 Å². The molecule has 1 atom stereocenters. The predicted molar refractivity (Wildman–Crippen MR) is 126 cm³/mol. The van der Waals surface area contributed by atoms with E-state index in [9.17, 15) is 14.0 Å². The van der Waals surface area contributed by atoms with Gasteiger partial charge in [-0.15, -0.1) is 10.2 Å². The molecule has 0 saturated heterocycles. The molecule has 0 aliphatic rings. The zero-order chi connectivity index (χ0) is 23.4. The maximum absolute atomic E-state index is 13.4. The summed E-state index contributed by atoms with van der Waals surface area (Å²) in [6, 6.07) is 21.9. The maximum Gasteiger partial charge on any atom is 0.248 e. The smallest absolute Gasteiger partial charge is 0.248 e. The van der Waals surface area contributed by atoms with Gasteiger partial charge in [-0.25, -0.2) is 4.39 Å². The van der Waals surface area contributed by atoms with Crippen molar-refractivity contribution in [2.75, 3.05) is 5.32 Å². The first-order valence-electron chi connectivity index (χ1n) is 10.1. The fourth-order valence-corrected chi connectivity index (χ4v) is 3.98. The van der Waals surface area contributed by atoms with Gasteiger partial charge in [0, 0.05) is 22.5 Å². The Morgan fingerprint density at radius 1 is 0.970 bits per heavy atom. The van der Waals surface area contributed by atoms with E-state index in [2.05, 4.69) is 15.5 Å². The average Bonchev–Trinajstić information content (AvgIpc) is 3.23. The number of carbonyl (C=O) groups is 2. The van der Waals surface area contributed by atoms with E-state index >= 15 is 0 Å². The van der Waals surface area contributed by atoms with Gasteiger partial charge < -0.3 is 11.1 Å². The number of nitrogens with two attached hydrogens (primary N) is 1. The Morgan fingerprint density at radius 3 is 2.27 bits per heavy atom. The normalized spacial score (nSPS) is 11.7. The van der Waals surface area contributed by atoms with Gasteiger partial charge in [0.1, 0.15) is 5.82 Å². The average molecular weight is 462 g/mol. The van der Waals surface area contributed by atoms with Gasteiger partial charge in [0.25, 0.3) is 0 Å². The van der Waals surface area contributed by atoms with Crippen LogP contribution in [0.4, 0.5) is 10.1 Å². The van der Waals surface area contributed by atoms with Gasteiger partial charge in [-0.05, 0) is 67.6 Å². The van der Waals surface area contributed by atoms with E-state index in [0.717, 1.165) is 5.69 Å². The molecule has 0 spiro atoms. The lowest BCUT2D eigenvalue weighted by Gasteiger charge is -2.14. The van der Waals surface area contributed by atoms with E-state index in [-0.39, 0.29) is 11.7 Å². The summed E-state index contributed by atoms with van der Waals surface area (Å²) in [5, 5.41) is 11.4. The minimum Gasteiger partial charge on any atom is -0.366 e. The summed E-state index contributed by atoms with van der Waals surface area (Å²) in [5.41, 5.74) is 7.68. The van der Waals surface area contributed by atoms with Crippen LogP contribution in [0.5, 0.6) is 0 Å². The van der Waals surface area contributed by atoms with Crippen LogP contribution in [-0.2, 0) is 4.79 Å². The lowest BCUT2D eigenvalue weighted by molar-refractivity contribution is -0.115. The molecule has 33 heavy (non-hydrogen) atoms. The van der Waals surface area contributed by atoms with Crippen LogP contribution >= 0.6 is 11.8 Å². The summed E-state index contributed by atoms with van der Waals surface area (Å²) in [4.78, 5) is 24.0. The van der Waals surface area contributed by atoms with Crippen LogP contribution in [0.15, 0.2) is 84.0 Å². The Balaban J connectivity index is 1.58. The first-order valence-corrected chi connectivity index (χ1v) is 10.9. The van der Waals surface area contributed by atoms with Crippen molar-refractivity contribution >= 4 is 29.3 Å². The number of benzene rings is 3. The van der Waals surface area contributed by atoms with Crippen LogP contribution in [-0.4, -0.2) is 31.8 Å².